The van der Waals surface area contributed by atoms with Gasteiger partial charge in [0.15, 0.2) is 0 Å². The molecule has 1 atom stereocenters. The molecule has 29 heavy (non-hydrogen) atoms. The van der Waals surface area contributed by atoms with Crippen LogP contribution in [0.15, 0.2) is 65.2 Å². The van der Waals surface area contributed by atoms with Crippen molar-refractivity contribution in [1.29, 1.82) is 0 Å². The minimum atomic E-state index is -1.41. The van der Waals surface area contributed by atoms with E-state index in [2.05, 4.69) is 21.9 Å². The van der Waals surface area contributed by atoms with Gasteiger partial charge in [-0.2, -0.15) is 0 Å². The number of carbonyl (C=O) groups is 1. The zero-order chi connectivity index (χ0) is 20.6. The van der Waals surface area contributed by atoms with Gasteiger partial charge in [0.25, 0.3) is 5.91 Å². The lowest BCUT2D eigenvalue weighted by molar-refractivity contribution is 0.0954. The van der Waals surface area contributed by atoms with Gasteiger partial charge in [-0.05, 0) is 56.2 Å². The summed E-state index contributed by atoms with van der Waals surface area (Å²) >= 11 is 0. The molecule has 152 valence electrons. The molecular formula is C22H25N3O3S. The second-order valence-corrected chi connectivity index (χ2v) is 8.02. The average Bonchev–Trinajstić information content (AvgIpc) is 2.75. The van der Waals surface area contributed by atoms with Crippen LogP contribution in [0, 0.1) is 0 Å². The van der Waals surface area contributed by atoms with Crippen LogP contribution in [0.2, 0.25) is 0 Å². The van der Waals surface area contributed by atoms with Crippen LogP contribution in [0.1, 0.15) is 35.8 Å². The van der Waals surface area contributed by atoms with Gasteiger partial charge in [0.1, 0.15) is 16.7 Å². The molecule has 1 aromatic heterocycles. The third kappa shape index (κ3) is 5.77. The van der Waals surface area contributed by atoms with Crippen LogP contribution in [-0.4, -0.2) is 28.8 Å². The Morgan fingerprint density at radius 1 is 1.21 bits per heavy atom. The van der Waals surface area contributed by atoms with Gasteiger partial charge >= 0.3 is 0 Å². The molecule has 0 fully saturated rings. The summed E-state index contributed by atoms with van der Waals surface area (Å²) in [5.74, 6) is 0.305. The second-order valence-electron chi connectivity index (χ2n) is 6.76. The first-order valence-corrected chi connectivity index (χ1v) is 10.6. The second kappa shape index (κ2) is 10.0. The largest absolute Gasteiger partial charge is 0.497 e. The molecule has 0 saturated heterocycles. The first-order chi connectivity index (χ1) is 14.1. The fourth-order valence-electron chi connectivity index (χ4n) is 2.91. The van der Waals surface area contributed by atoms with Crippen LogP contribution in [0.3, 0.4) is 0 Å². The van der Waals surface area contributed by atoms with Gasteiger partial charge in [-0.1, -0.05) is 17.7 Å². The SMILES string of the molecule is COc1ccc(NS(=O)C2=CC=C(C)CC2)c(C(=O)NCCc2ccccn2)c1. The number of carbonyl (C=O) groups excluding carboxylic acids is 1. The predicted molar refractivity (Wildman–Crippen MR) is 116 cm³/mol. The monoisotopic (exact) mass is 411 g/mol. The van der Waals surface area contributed by atoms with Gasteiger partial charge in [-0.15, -0.1) is 0 Å². The van der Waals surface area contributed by atoms with E-state index in [1.807, 2.05) is 30.4 Å². The summed E-state index contributed by atoms with van der Waals surface area (Å²) in [5.41, 5.74) is 3.07. The normalized spacial score (nSPS) is 14.4. The molecule has 1 amide bonds. The van der Waals surface area contributed by atoms with Gasteiger partial charge in [-0.25, -0.2) is 4.21 Å². The van der Waals surface area contributed by atoms with Crippen LogP contribution < -0.4 is 14.8 Å². The molecule has 1 unspecified atom stereocenters. The number of rotatable bonds is 8. The van der Waals surface area contributed by atoms with E-state index in [-0.39, 0.29) is 5.91 Å². The topological polar surface area (TPSA) is 80.3 Å². The van der Waals surface area contributed by atoms with Crippen molar-refractivity contribution in [3.8, 4) is 5.75 Å². The molecule has 2 aromatic rings. The number of allylic oxidation sites excluding steroid dienone is 4. The number of aromatic nitrogens is 1. The molecule has 1 aliphatic carbocycles. The van der Waals surface area contributed by atoms with Crippen molar-refractivity contribution < 1.29 is 13.7 Å². The molecule has 0 spiro atoms. The smallest absolute Gasteiger partial charge is 0.253 e. The molecule has 2 N–H and O–H groups in total. The number of benzene rings is 1. The molecule has 0 bridgehead atoms. The van der Waals surface area contributed by atoms with Crippen molar-refractivity contribution in [2.45, 2.75) is 26.2 Å². The first-order valence-electron chi connectivity index (χ1n) is 9.47. The average molecular weight is 412 g/mol. The van der Waals surface area contributed by atoms with Crippen molar-refractivity contribution in [2.75, 3.05) is 18.4 Å². The molecule has 6 nitrogen and oxygen atoms in total. The van der Waals surface area contributed by atoms with Crippen molar-refractivity contribution in [1.82, 2.24) is 10.3 Å². The quantitative estimate of drug-likeness (QED) is 0.693. The molecule has 3 rings (SSSR count). The highest BCUT2D eigenvalue weighted by atomic mass is 32.2. The number of ether oxygens (including phenoxy) is 1. The fourth-order valence-corrected chi connectivity index (χ4v) is 3.90. The summed E-state index contributed by atoms with van der Waals surface area (Å²) in [6, 6.07) is 10.8. The Morgan fingerprint density at radius 2 is 2.07 bits per heavy atom. The van der Waals surface area contributed by atoms with Crippen LogP contribution in [-0.2, 0) is 17.4 Å². The highest BCUT2D eigenvalue weighted by molar-refractivity contribution is 7.90. The maximum absolute atomic E-state index is 12.8. The number of hydrogen-bond donors (Lipinski definition) is 2. The van der Waals surface area contributed by atoms with Crippen molar-refractivity contribution in [3.63, 3.8) is 0 Å². The maximum atomic E-state index is 12.8. The number of hydrogen-bond acceptors (Lipinski definition) is 4. The van der Waals surface area contributed by atoms with E-state index in [4.69, 9.17) is 4.74 Å². The van der Waals surface area contributed by atoms with Crippen LogP contribution >= 0.6 is 0 Å². The van der Waals surface area contributed by atoms with Crippen molar-refractivity contribution >= 4 is 22.6 Å². The van der Waals surface area contributed by atoms with Crippen molar-refractivity contribution in [3.05, 3.63) is 76.5 Å². The van der Waals surface area contributed by atoms with E-state index >= 15 is 0 Å². The van der Waals surface area contributed by atoms with E-state index in [0.29, 0.717) is 30.0 Å². The highest BCUT2D eigenvalue weighted by Crippen LogP contribution is 2.26. The minimum Gasteiger partial charge on any atom is -0.497 e. The zero-order valence-corrected chi connectivity index (χ0v) is 17.4. The molecule has 1 aromatic carbocycles. The fraction of sp³-hybridized carbons (Fsp3) is 0.273. The molecular weight excluding hydrogens is 386 g/mol. The molecule has 0 saturated carbocycles. The lowest BCUT2D eigenvalue weighted by Crippen LogP contribution is -2.27. The summed E-state index contributed by atoms with van der Waals surface area (Å²) in [6.45, 7) is 2.51. The van der Waals surface area contributed by atoms with E-state index in [1.54, 1.807) is 31.5 Å². The summed E-state index contributed by atoms with van der Waals surface area (Å²) in [6.07, 6.45) is 7.86. The van der Waals surface area contributed by atoms with E-state index in [1.165, 1.54) is 5.57 Å². The van der Waals surface area contributed by atoms with E-state index in [9.17, 15) is 9.00 Å². The lowest BCUT2D eigenvalue weighted by Gasteiger charge is -2.16. The number of nitrogens with zero attached hydrogens (tertiary/aromatic N) is 1. The third-order valence-corrected chi connectivity index (χ3v) is 5.85. The van der Waals surface area contributed by atoms with Crippen LogP contribution in [0.5, 0.6) is 5.75 Å². The Labute approximate surface area is 173 Å². The predicted octanol–water partition coefficient (Wildman–Crippen LogP) is 3.76. The van der Waals surface area contributed by atoms with Gasteiger partial charge in [0.2, 0.25) is 0 Å². The Balaban J connectivity index is 1.71. The number of nitrogens with one attached hydrogen (secondary N) is 2. The third-order valence-electron chi connectivity index (χ3n) is 4.62. The maximum Gasteiger partial charge on any atom is 0.253 e. The molecule has 0 aliphatic heterocycles. The van der Waals surface area contributed by atoms with Gasteiger partial charge < -0.3 is 14.8 Å². The summed E-state index contributed by atoms with van der Waals surface area (Å²) in [4.78, 5) is 17.8. The van der Waals surface area contributed by atoms with Crippen LogP contribution in [0.25, 0.3) is 0 Å². The summed E-state index contributed by atoms with van der Waals surface area (Å²) in [7, 11) is 0.139. The Kier molecular flexibility index (Phi) is 7.19. The Hall–Kier alpha value is -2.93. The highest BCUT2D eigenvalue weighted by Gasteiger charge is 2.17. The van der Waals surface area contributed by atoms with Gasteiger partial charge in [-0.3, -0.25) is 9.78 Å². The van der Waals surface area contributed by atoms with E-state index < -0.39 is 11.0 Å². The van der Waals surface area contributed by atoms with Crippen LogP contribution in [0.4, 0.5) is 5.69 Å². The standard InChI is InChI=1S/C22H25N3O3S/c1-16-6-9-19(10-7-16)29(27)25-21-11-8-18(28-2)15-20(21)22(26)24-14-12-17-5-3-4-13-23-17/h3-6,8-9,11,13,15,25H,7,10,12,14H2,1-2H3,(H,24,26). The number of methoxy groups -OCH3 is 1. The number of amides is 1. The van der Waals surface area contributed by atoms with Gasteiger partial charge in [0, 0.05) is 29.8 Å². The number of pyridine rings is 1. The first kappa shape index (κ1) is 20.8. The molecule has 1 aliphatic rings. The summed E-state index contributed by atoms with van der Waals surface area (Å²) in [5, 5.41) is 2.90. The lowest BCUT2D eigenvalue weighted by atomic mass is 10.1. The Bertz CT molecular complexity index is 955. The summed E-state index contributed by atoms with van der Waals surface area (Å²) < 4.78 is 21.0. The number of anilines is 1. The molecule has 1 heterocycles. The molecule has 0 radical (unpaired) electrons. The zero-order valence-electron chi connectivity index (χ0n) is 16.6. The van der Waals surface area contributed by atoms with Gasteiger partial charge in [0.05, 0.1) is 18.4 Å². The Morgan fingerprint density at radius 3 is 2.76 bits per heavy atom. The van der Waals surface area contributed by atoms with Crippen molar-refractivity contribution in [2.24, 2.45) is 0 Å². The molecule has 7 heteroatoms. The minimum absolute atomic E-state index is 0.257. The van der Waals surface area contributed by atoms with E-state index in [0.717, 1.165) is 23.4 Å².